The lowest BCUT2D eigenvalue weighted by atomic mass is 10.1. The van der Waals surface area contributed by atoms with Crippen LogP contribution >= 0.6 is 0 Å². The van der Waals surface area contributed by atoms with Gasteiger partial charge in [0, 0.05) is 24.8 Å². The number of hydrogen-bond acceptors (Lipinski definition) is 5. The van der Waals surface area contributed by atoms with Gasteiger partial charge in [0.15, 0.2) is 0 Å². The van der Waals surface area contributed by atoms with Gasteiger partial charge < -0.3 is 15.2 Å². The van der Waals surface area contributed by atoms with Gasteiger partial charge in [-0.15, -0.1) is 0 Å². The fraction of sp³-hybridized carbons (Fsp3) is 0.571. The summed E-state index contributed by atoms with van der Waals surface area (Å²) in [7, 11) is 0. The van der Waals surface area contributed by atoms with Gasteiger partial charge in [0.05, 0.1) is 12.2 Å². The van der Waals surface area contributed by atoms with Crippen LogP contribution in [0, 0.1) is 5.92 Å². The second-order valence-electron chi connectivity index (χ2n) is 4.78. The number of aliphatic hydroxyl groups is 1. The number of aliphatic hydroxyl groups excluding tert-OH is 1. The van der Waals surface area contributed by atoms with Gasteiger partial charge in [-0.3, -0.25) is 0 Å². The molecule has 5 nitrogen and oxygen atoms in total. The summed E-state index contributed by atoms with van der Waals surface area (Å²) in [5, 5.41) is 12.6. The Morgan fingerprint density at radius 3 is 3.00 bits per heavy atom. The highest BCUT2D eigenvalue weighted by Gasteiger charge is 2.26. The van der Waals surface area contributed by atoms with Crippen LogP contribution in [0.5, 0.6) is 0 Å². The van der Waals surface area contributed by atoms with Gasteiger partial charge in [-0.2, -0.15) is 0 Å². The number of carbonyl (C=O) groups excluding carboxylic acids is 1. The highest BCUT2D eigenvalue weighted by atomic mass is 16.5. The number of pyridine rings is 1. The summed E-state index contributed by atoms with van der Waals surface area (Å²) in [6.45, 7) is 2.34. The SMILES string of the molecule is CCOC(=O)c1ccc(NC2CCCC2CO)nc1. The number of ether oxygens (including phenoxy) is 1. The molecule has 2 atom stereocenters. The van der Waals surface area contributed by atoms with Crippen molar-refractivity contribution in [3.05, 3.63) is 23.9 Å². The molecule has 0 spiro atoms. The van der Waals surface area contributed by atoms with E-state index in [1.54, 1.807) is 19.1 Å². The first-order valence-electron chi connectivity index (χ1n) is 6.75. The zero-order chi connectivity index (χ0) is 13.7. The molecule has 0 aromatic carbocycles. The predicted octanol–water partition coefficient (Wildman–Crippen LogP) is 1.83. The highest BCUT2D eigenvalue weighted by molar-refractivity contribution is 5.89. The summed E-state index contributed by atoms with van der Waals surface area (Å²) in [6.07, 6.45) is 4.74. The van der Waals surface area contributed by atoms with Gasteiger partial charge in [-0.1, -0.05) is 6.42 Å². The number of anilines is 1. The first kappa shape index (κ1) is 13.8. The molecule has 0 radical (unpaired) electrons. The smallest absolute Gasteiger partial charge is 0.339 e. The largest absolute Gasteiger partial charge is 0.462 e. The van der Waals surface area contributed by atoms with Crippen molar-refractivity contribution in [2.24, 2.45) is 5.92 Å². The van der Waals surface area contributed by atoms with E-state index in [2.05, 4.69) is 10.3 Å². The van der Waals surface area contributed by atoms with E-state index in [1.807, 2.05) is 0 Å². The van der Waals surface area contributed by atoms with Crippen LogP contribution < -0.4 is 5.32 Å². The molecule has 1 saturated carbocycles. The van der Waals surface area contributed by atoms with Crippen molar-refractivity contribution >= 4 is 11.8 Å². The Morgan fingerprint density at radius 1 is 1.53 bits per heavy atom. The molecule has 2 rings (SSSR count). The standard InChI is InChI=1S/C14H20N2O3/c1-2-19-14(18)10-6-7-13(15-8-10)16-12-5-3-4-11(12)9-17/h6-8,11-12,17H,2-5,9H2,1H3,(H,15,16). The molecule has 2 unspecified atom stereocenters. The van der Waals surface area contributed by atoms with Crippen LogP contribution in [0.4, 0.5) is 5.82 Å². The number of esters is 1. The highest BCUT2D eigenvalue weighted by Crippen LogP contribution is 2.27. The van der Waals surface area contributed by atoms with Crippen LogP contribution in [0.25, 0.3) is 0 Å². The molecule has 1 fully saturated rings. The lowest BCUT2D eigenvalue weighted by Crippen LogP contribution is -2.26. The van der Waals surface area contributed by atoms with E-state index in [0.717, 1.165) is 25.1 Å². The lowest BCUT2D eigenvalue weighted by molar-refractivity contribution is 0.0526. The van der Waals surface area contributed by atoms with Crippen molar-refractivity contribution < 1.29 is 14.6 Å². The molecule has 1 aromatic heterocycles. The van der Waals surface area contributed by atoms with Gasteiger partial charge in [0.2, 0.25) is 0 Å². The third-order valence-electron chi connectivity index (χ3n) is 3.50. The molecular weight excluding hydrogens is 244 g/mol. The van der Waals surface area contributed by atoms with Crippen LogP contribution in [0.15, 0.2) is 18.3 Å². The maximum Gasteiger partial charge on any atom is 0.339 e. The summed E-state index contributed by atoms with van der Waals surface area (Å²) < 4.78 is 4.90. The van der Waals surface area contributed by atoms with Crippen molar-refractivity contribution in [3.63, 3.8) is 0 Å². The Morgan fingerprint density at radius 2 is 2.37 bits per heavy atom. The van der Waals surface area contributed by atoms with Crippen LogP contribution in [-0.4, -0.2) is 35.3 Å². The van der Waals surface area contributed by atoms with Gasteiger partial charge in [-0.25, -0.2) is 9.78 Å². The fourth-order valence-electron chi connectivity index (χ4n) is 2.45. The van der Waals surface area contributed by atoms with E-state index in [4.69, 9.17) is 4.74 Å². The van der Waals surface area contributed by atoms with Crippen LogP contribution in [0.3, 0.4) is 0 Å². The molecule has 0 saturated heterocycles. The minimum absolute atomic E-state index is 0.207. The summed E-state index contributed by atoms with van der Waals surface area (Å²) in [5.41, 5.74) is 0.456. The molecular formula is C14H20N2O3. The van der Waals surface area contributed by atoms with Crippen molar-refractivity contribution in [3.8, 4) is 0 Å². The van der Waals surface area contributed by atoms with E-state index in [0.29, 0.717) is 18.1 Å². The Bertz CT molecular complexity index is 419. The van der Waals surface area contributed by atoms with Gasteiger partial charge in [0.1, 0.15) is 5.82 Å². The van der Waals surface area contributed by atoms with E-state index in [9.17, 15) is 9.90 Å². The molecule has 19 heavy (non-hydrogen) atoms. The van der Waals surface area contributed by atoms with E-state index in [1.165, 1.54) is 6.20 Å². The molecule has 0 bridgehead atoms. The fourth-order valence-corrected chi connectivity index (χ4v) is 2.45. The van der Waals surface area contributed by atoms with Crippen LogP contribution in [-0.2, 0) is 4.74 Å². The molecule has 0 aliphatic heterocycles. The average molecular weight is 264 g/mol. The first-order chi connectivity index (χ1) is 9.24. The second kappa shape index (κ2) is 6.52. The van der Waals surface area contributed by atoms with Crippen molar-refractivity contribution in [1.82, 2.24) is 4.98 Å². The molecule has 1 aromatic rings. The summed E-state index contributed by atoms with van der Waals surface area (Å²) in [5.74, 6) is 0.681. The third kappa shape index (κ3) is 3.44. The third-order valence-corrected chi connectivity index (χ3v) is 3.50. The molecule has 1 aliphatic rings. The van der Waals surface area contributed by atoms with Gasteiger partial charge in [0.25, 0.3) is 0 Å². The Labute approximate surface area is 113 Å². The summed E-state index contributed by atoms with van der Waals surface area (Å²) in [6, 6.07) is 3.75. The minimum atomic E-state index is -0.351. The monoisotopic (exact) mass is 264 g/mol. The Hall–Kier alpha value is -1.62. The van der Waals surface area contributed by atoms with Crippen molar-refractivity contribution in [1.29, 1.82) is 0 Å². The molecule has 0 amide bonds. The molecule has 1 aliphatic carbocycles. The topological polar surface area (TPSA) is 71.5 Å². The number of rotatable bonds is 5. The average Bonchev–Trinajstić information content (AvgIpc) is 2.87. The van der Waals surface area contributed by atoms with E-state index >= 15 is 0 Å². The first-order valence-corrected chi connectivity index (χ1v) is 6.75. The Balaban J connectivity index is 1.97. The van der Waals surface area contributed by atoms with Crippen LogP contribution in [0.1, 0.15) is 36.5 Å². The quantitative estimate of drug-likeness (QED) is 0.794. The number of carbonyl (C=O) groups is 1. The van der Waals surface area contributed by atoms with Gasteiger partial charge in [-0.05, 0) is 31.9 Å². The van der Waals surface area contributed by atoms with E-state index < -0.39 is 0 Å². The van der Waals surface area contributed by atoms with E-state index in [-0.39, 0.29) is 18.6 Å². The predicted molar refractivity (Wildman–Crippen MR) is 72.0 cm³/mol. The number of nitrogens with zero attached hydrogens (tertiary/aromatic N) is 1. The molecule has 104 valence electrons. The zero-order valence-electron chi connectivity index (χ0n) is 11.1. The molecule has 2 N–H and O–H groups in total. The maximum atomic E-state index is 11.5. The molecule has 5 heteroatoms. The van der Waals surface area contributed by atoms with Crippen molar-refractivity contribution in [2.45, 2.75) is 32.2 Å². The minimum Gasteiger partial charge on any atom is -0.462 e. The summed E-state index contributed by atoms with van der Waals surface area (Å²) in [4.78, 5) is 15.7. The number of nitrogens with one attached hydrogen (secondary N) is 1. The number of hydrogen-bond donors (Lipinski definition) is 2. The van der Waals surface area contributed by atoms with Crippen molar-refractivity contribution in [2.75, 3.05) is 18.5 Å². The van der Waals surface area contributed by atoms with Crippen LogP contribution in [0.2, 0.25) is 0 Å². The number of aromatic nitrogens is 1. The summed E-state index contributed by atoms with van der Waals surface area (Å²) >= 11 is 0. The molecule has 1 heterocycles. The Kier molecular flexibility index (Phi) is 4.74. The maximum absolute atomic E-state index is 11.5. The second-order valence-corrected chi connectivity index (χ2v) is 4.78. The zero-order valence-corrected chi connectivity index (χ0v) is 11.1. The lowest BCUT2D eigenvalue weighted by Gasteiger charge is -2.19. The van der Waals surface area contributed by atoms with Gasteiger partial charge >= 0.3 is 5.97 Å². The normalized spacial score (nSPS) is 22.2.